The molecule has 8 heteroatoms. The van der Waals surface area contributed by atoms with Crippen LogP contribution in [-0.2, 0) is 0 Å². The Bertz CT molecular complexity index is 502. The van der Waals surface area contributed by atoms with E-state index in [0.717, 1.165) is 70.6 Å². The Morgan fingerprint density at radius 2 is 1.77 bits per heavy atom. The molecular weight excluding hydrogens is 441 g/mol. The molecular formula is C18H34IN7. The standard InChI is InChI=1S/C18H33N7.HI/c1-16(2)6-10-21-17(19-3)20-9-5-11-24-12-14-25(15-13-24)18-22-7-4-8-23-18;/h4,7-8,16H,5-6,9-15H2,1-3H3,(H2,19,20,21);1H. The fraction of sp³-hybridized carbons (Fsp3) is 0.722. The zero-order valence-electron chi connectivity index (χ0n) is 16.3. The van der Waals surface area contributed by atoms with Crippen molar-refractivity contribution in [3.63, 3.8) is 0 Å². The number of anilines is 1. The minimum atomic E-state index is 0. The van der Waals surface area contributed by atoms with Crippen molar-refractivity contribution in [2.24, 2.45) is 10.9 Å². The Morgan fingerprint density at radius 1 is 1.12 bits per heavy atom. The number of nitrogens with one attached hydrogen (secondary N) is 2. The first kappa shape index (κ1) is 22.9. The Labute approximate surface area is 175 Å². The molecule has 1 aromatic rings. The highest BCUT2D eigenvalue weighted by Crippen LogP contribution is 2.09. The molecule has 0 radical (unpaired) electrons. The van der Waals surface area contributed by atoms with Crippen LogP contribution in [-0.4, -0.2) is 73.7 Å². The molecule has 0 saturated carbocycles. The van der Waals surface area contributed by atoms with E-state index < -0.39 is 0 Å². The Morgan fingerprint density at radius 3 is 2.38 bits per heavy atom. The second kappa shape index (κ2) is 13.1. The molecule has 2 rings (SSSR count). The molecule has 0 aromatic carbocycles. The van der Waals surface area contributed by atoms with Crippen molar-refractivity contribution in [1.82, 2.24) is 25.5 Å². The molecule has 0 atom stereocenters. The first-order valence-electron chi connectivity index (χ1n) is 9.38. The molecule has 2 heterocycles. The summed E-state index contributed by atoms with van der Waals surface area (Å²) in [4.78, 5) is 17.7. The van der Waals surface area contributed by atoms with E-state index in [1.807, 2.05) is 25.5 Å². The van der Waals surface area contributed by atoms with E-state index in [1.165, 1.54) is 0 Å². The lowest BCUT2D eigenvalue weighted by Crippen LogP contribution is -2.47. The van der Waals surface area contributed by atoms with Gasteiger partial charge in [-0.1, -0.05) is 13.8 Å². The van der Waals surface area contributed by atoms with Gasteiger partial charge in [0.1, 0.15) is 0 Å². The summed E-state index contributed by atoms with van der Waals surface area (Å²) in [6.07, 6.45) is 5.90. The van der Waals surface area contributed by atoms with Crippen LogP contribution in [0.3, 0.4) is 0 Å². The summed E-state index contributed by atoms with van der Waals surface area (Å²) in [5.41, 5.74) is 0. The van der Waals surface area contributed by atoms with E-state index in [2.05, 4.69) is 49.2 Å². The lowest BCUT2D eigenvalue weighted by atomic mass is 10.1. The maximum atomic E-state index is 4.33. The molecule has 1 fully saturated rings. The van der Waals surface area contributed by atoms with Crippen molar-refractivity contribution in [3.8, 4) is 0 Å². The van der Waals surface area contributed by atoms with Crippen LogP contribution in [0.15, 0.2) is 23.5 Å². The minimum Gasteiger partial charge on any atom is -0.356 e. The number of hydrogen-bond acceptors (Lipinski definition) is 5. The molecule has 148 valence electrons. The molecule has 7 nitrogen and oxygen atoms in total. The molecule has 1 aliphatic heterocycles. The Balaban J connectivity index is 0.00000338. The van der Waals surface area contributed by atoms with Crippen LogP contribution >= 0.6 is 24.0 Å². The van der Waals surface area contributed by atoms with Gasteiger partial charge in [0.25, 0.3) is 0 Å². The highest BCUT2D eigenvalue weighted by molar-refractivity contribution is 14.0. The van der Waals surface area contributed by atoms with Gasteiger partial charge in [-0.15, -0.1) is 24.0 Å². The van der Waals surface area contributed by atoms with Crippen LogP contribution in [0.5, 0.6) is 0 Å². The molecule has 1 aromatic heterocycles. The van der Waals surface area contributed by atoms with Crippen molar-refractivity contribution < 1.29 is 0 Å². The fourth-order valence-electron chi connectivity index (χ4n) is 2.84. The second-order valence-corrected chi connectivity index (χ2v) is 6.84. The van der Waals surface area contributed by atoms with Gasteiger partial charge in [0.15, 0.2) is 5.96 Å². The molecule has 26 heavy (non-hydrogen) atoms. The number of hydrogen-bond donors (Lipinski definition) is 2. The third-order valence-corrected chi connectivity index (χ3v) is 4.39. The van der Waals surface area contributed by atoms with E-state index in [-0.39, 0.29) is 24.0 Å². The van der Waals surface area contributed by atoms with Crippen LogP contribution in [0.1, 0.15) is 26.7 Å². The van der Waals surface area contributed by atoms with Crippen molar-refractivity contribution in [3.05, 3.63) is 18.5 Å². The van der Waals surface area contributed by atoms with Crippen LogP contribution in [0.2, 0.25) is 0 Å². The van der Waals surface area contributed by atoms with E-state index in [1.54, 1.807) is 0 Å². The average Bonchev–Trinajstić information content (AvgIpc) is 2.64. The number of halogens is 1. The average molecular weight is 475 g/mol. The third kappa shape index (κ3) is 8.48. The van der Waals surface area contributed by atoms with E-state index in [9.17, 15) is 0 Å². The van der Waals surface area contributed by atoms with Gasteiger partial charge < -0.3 is 15.5 Å². The monoisotopic (exact) mass is 475 g/mol. The lowest BCUT2D eigenvalue weighted by Gasteiger charge is -2.34. The van der Waals surface area contributed by atoms with Gasteiger partial charge in [-0.05, 0) is 31.4 Å². The zero-order valence-corrected chi connectivity index (χ0v) is 18.6. The van der Waals surface area contributed by atoms with Crippen molar-refractivity contribution in [1.29, 1.82) is 0 Å². The molecule has 1 saturated heterocycles. The van der Waals surface area contributed by atoms with Gasteiger partial charge in [-0.2, -0.15) is 0 Å². The van der Waals surface area contributed by atoms with Gasteiger partial charge in [0.2, 0.25) is 5.95 Å². The minimum absolute atomic E-state index is 0. The second-order valence-electron chi connectivity index (χ2n) is 6.84. The van der Waals surface area contributed by atoms with Gasteiger partial charge in [0.05, 0.1) is 0 Å². The van der Waals surface area contributed by atoms with E-state index in [0.29, 0.717) is 5.92 Å². The smallest absolute Gasteiger partial charge is 0.225 e. The number of rotatable bonds is 8. The van der Waals surface area contributed by atoms with Crippen molar-refractivity contribution in [2.75, 3.05) is 57.8 Å². The topological polar surface area (TPSA) is 68.7 Å². The summed E-state index contributed by atoms with van der Waals surface area (Å²) in [6, 6.07) is 1.86. The van der Waals surface area contributed by atoms with E-state index in [4.69, 9.17) is 0 Å². The molecule has 0 unspecified atom stereocenters. The largest absolute Gasteiger partial charge is 0.356 e. The summed E-state index contributed by atoms with van der Waals surface area (Å²) < 4.78 is 0. The number of aliphatic imine (C=N–C) groups is 1. The number of nitrogens with zero attached hydrogens (tertiary/aromatic N) is 5. The quantitative estimate of drug-likeness (QED) is 0.259. The lowest BCUT2D eigenvalue weighted by molar-refractivity contribution is 0.254. The molecule has 0 bridgehead atoms. The first-order chi connectivity index (χ1) is 12.2. The number of guanidine groups is 1. The highest BCUT2D eigenvalue weighted by Gasteiger charge is 2.18. The predicted octanol–water partition coefficient (Wildman–Crippen LogP) is 1.82. The predicted molar refractivity (Wildman–Crippen MR) is 120 cm³/mol. The molecule has 0 amide bonds. The van der Waals surface area contributed by atoms with Crippen LogP contribution in [0, 0.1) is 5.92 Å². The number of piperazine rings is 1. The third-order valence-electron chi connectivity index (χ3n) is 4.39. The fourth-order valence-corrected chi connectivity index (χ4v) is 2.84. The highest BCUT2D eigenvalue weighted by atomic mass is 127. The molecule has 0 aliphatic carbocycles. The summed E-state index contributed by atoms with van der Waals surface area (Å²) in [5, 5.41) is 6.77. The number of aromatic nitrogens is 2. The van der Waals surface area contributed by atoms with E-state index >= 15 is 0 Å². The molecule has 2 N–H and O–H groups in total. The Kier molecular flexibility index (Phi) is 11.5. The molecule has 0 spiro atoms. The summed E-state index contributed by atoms with van der Waals surface area (Å²) in [7, 11) is 1.83. The van der Waals surface area contributed by atoms with Gasteiger partial charge in [0, 0.05) is 58.7 Å². The van der Waals surface area contributed by atoms with Crippen LogP contribution < -0.4 is 15.5 Å². The Hall–Kier alpha value is -1.16. The van der Waals surface area contributed by atoms with Gasteiger partial charge in [-0.25, -0.2) is 9.97 Å². The van der Waals surface area contributed by atoms with Gasteiger partial charge >= 0.3 is 0 Å². The maximum Gasteiger partial charge on any atom is 0.225 e. The van der Waals surface area contributed by atoms with Crippen molar-refractivity contribution in [2.45, 2.75) is 26.7 Å². The normalized spacial score (nSPS) is 15.7. The van der Waals surface area contributed by atoms with Crippen LogP contribution in [0.25, 0.3) is 0 Å². The van der Waals surface area contributed by atoms with Crippen molar-refractivity contribution >= 4 is 35.9 Å². The molecule has 1 aliphatic rings. The SMILES string of the molecule is CN=C(NCCCN1CCN(c2ncccn2)CC1)NCCC(C)C.I. The van der Waals surface area contributed by atoms with Crippen LogP contribution in [0.4, 0.5) is 5.95 Å². The summed E-state index contributed by atoms with van der Waals surface area (Å²) >= 11 is 0. The van der Waals surface area contributed by atoms with Gasteiger partial charge in [-0.3, -0.25) is 9.89 Å². The first-order valence-corrected chi connectivity index (χ1v) is 9.38. The summed E-state index contributed by atoms with van der Waals surface area (Å²) in [6.45, 7) is 11.6. The zero-order chi connectivity index (χ0) is 17.9. The maximum absolute atomic E-state index is 4.33. The summed E-state index contributed by atoms with van der Waals surface area (Å²) in [5.74, 6) is 2.47.